The number of hydrogen-bond acceptors (Lipinski definition) is 2. The zero-order valence-corrected chi connectivity index (χ0v) is 12.4. The Morgan fingerprint density at radius 2 is 2.15 bits per heavy atom. The van der Waals surface area contributed by atoms with Gasteiger partial charge in [-0.2, -0.15) is 0 Å². The van der Waals surface area contributed by atoms with Crippen molar-refractivity contribution in [3.8, 4) is 0 Å². The molecule has 3 nitrogen and oxygen atoms in total. The molecule has 0 unspecified atom stereocenters. The maximum absolute atomic E-state index is 12.1. The van der Waals surface area contributed by atoms with Gasteiger partial charge in [0.2, 0.25) is 5.91 Å². The maximum atomic E-state index is 12.1. The van der Waals surface area contributed by atoms with E-state index in [0.717, 1.165) is 37.1 Å². The molecule has 0 bridgehead atoms. The Kier molecular flexibility index (Phi) is 5.21. The number of carbonyl (C=O) groups is 1. The molecule has 1 fully saturated rings. The molecule has 1 heterocycles. The number of likely N-dealkylation sites (tertiary alicyclic amines) is 1. The summed E-state index contributed by atoms with van der Waals surface area (Å²) in [6.07, 6.45) is 5.16. The average Bonchev–Trinajstić information content (AvgIpc) is 2.48. The molecule has 1 saturated heterocycles. The highest BCUT2D eigenvalue weighted by Crippen LogP contribution is 2.19. The molecule has 108 valence electrons. The second-order valence-electron chi connectivity index (χ2n) is 5.29. The third-order valence-corrected chi connectivity index (χ3v) is 4.21. The molecule has 1 aliphatic heterocycles. The number of aryl methyl sites for hydroxylation is 1. The number of hydrogen-bond donors (Lipinski definition) is 1. The monoisotopic (exact) mass is 293 g/mol. The summed E-state index contributed by atoms with van der Waals surface area (Å²) in [5.74, 6) is 0.372. The highest BCUT2D eigenvalue weighted by atomic mass is 35.5. The fourth-order valence-corrected chi connectivity index (χ4v) is 2.51. The van der Waals surface area contributed by atoms with Crippen LogP contribution in [0.15, 0.2) is 24.3 Å². The van der Waals surface area contributed by atoms with Gasteiger partial charge in [0.25, 0.3) is 0 Å². The number of rotatable bonds is 3. The Hall–Kier alpha value is -1.32. The Labute approximate surface area is 124 Å². The van der Waals surface area contributed by atoms with Gasteiger partial charge in [0.1, 0.15) is 0 Å². The van der Waals surface area contributed by atoms with Crippen LogP contribution in [0.25, 0.3) is 6.08 Å². The molecule has 1 aromatic rings. The molecule has 2 rings (SSSR count). The topological polar surface area (TPSA) is 40.5 Å². The number of aliphatic hydroxyl groups excluding tert-OH is 1. The van der Waals surface area contributed by atoms with Crippen molar-refractivity contribution in [1.82, 2.24) is 4.90 Å². The van der Waals surface area contributed by atoms with Crippen molar-refractivity contribution in [2.45, 2.75) is 19.8 Å². The van der Waals surface area contributed by atoms with Crippen molar-refractivity contribution in [2.24, 2.45) is 5.92 Å². The Morgan fingerprint density at radius 1 is 1.45 bits per heavy atom. The molecule has 0 saturated carbocycles. The summed E-state index contributed by atoms with van der Waals surface area (Å²) in [5.41, 5.74) is 1.96. The van der Waals surface area contributed by atoms with Crippen molar-refractivity contribution < 1.29 is 9.90 Å². The quantitative estimate of drug-likeness (QED) is 0.871. The lowest BCUT2D eigenvalue weighted by Gasteiger charge is -2.30. The van der Waals surface area contributed by atoms with E-state index in [0.29, 0.717) is 10.9 Å². The van der Waals surface area contributed by atoms with Gasteiger partial charge in [-0.05, 0) is 49.0 Å². The van der Waals surface area contributed by atoms with Crippen LogP contribution in [-0.4, -0.2) is 35.6 Å². The average molecular weight is 294 g/mol. The summed E-state index contributed by atoms with van der Waals surface area (Å²) in [4.78, 5) is 13.9. The van der Waals surface area contributed by atoms with Gasteiger partial charge in [0, 0.05) is 30.8 Å². The summed E-state index contributed by atoms with van der Waals surface area (Å²) in [7, 11) is 0. The number of nitrogens with zero attached hydrogens (tertiary/aromatic N) is 1. The second-order valence-corrected chi connectivity index (χ2v) is 5.70. The minimum atomic E-state index is 0.0260. The summed E-state index contributed by atoms with van der Waals surface area (Å²) in [6.45, 7) is 3.62. The van der Waals surface area contributed by atoms with Crippen LogP contribution in [0.3, 0.4) is 0 Å². The molecule has 1 N–H and O–H groups in total. The van der Waals surface area contributed by atoms with Gasteiger partial charge in [-0.1, -0.05) is 23.7 Å². The lowest BCUT2D eigenvalue weighted by molar-refractivity contribution is -0.127. The SMILES string of the molecule is Cc1ccc(/C=C/C(=O)N2CCC(CO)CC2)cc1Cl. The van der Waals surface area contributed by atoms with Crippen LogP contribution in [-0.2, 0) is 4.79 Å². The van der Waals surface area contributed by atoms with E-state index >= 15 is 0 Å². The Morgan fingerprint density at radius 3 is 2.75 bits per heavy atom. The number of halogens is 1. The molecule has 4 heteroatoms. The standard InChI is InChI=1S/C16H20ClNO2/c1-12-2-3-13(10-15(12)17)4-5-16(20)18-8-6-14(11-19)7-9-18/h2-5,10,14,19H,6-9,11H2,1H3/b5-4+. The fourth-order valence-electron chi connectivity index (χ4n) is 2.32. The van der Waals surface area contributed by atoms with Crippen LogP contribution in [0.4, 0.5) is 0 Å². The van der Waals surface area contributed by atoms with Gasteiger partial charge >= 0.3 is 0 Å². The number of carbonyl (C=O) groups excluding carboxylic acids is 1. The Bertz CT molecular complexity index is 505. The smallest absolute Gasteiger partial charge is 0.246 e. The van der Waals surface area contributed by atoms with Crippen LogP contribution < -0.4 is 0 Å². The first-order chi connectivity index (χ1) is 9.60. The first-order valence-corrected chi connectivity index (χ1v) is 7.32. The molecular weight excluding hydrogens is 274 g/mol. The molecular formula is C16H20ClNO2. The predicted molar refractivity (Wildman–Crippen MR) is 81.6 cm³/mol. The van der Waals surface area contributed by atoms with E-state index in [1.54, 1.807) is 12.2 Å². The lowest BCUT2D eigenvalue weighted by atomic mass is 9.98. The molecule has 0 radical (unpaired) electrons. The van der Waals surface area contributed by atoms with Crippen molar-refractivity contribution in [2.75, 3.05) is 19.7 Å². The number of benzene rings is 1. The molecule has 0 aromatic heterocycles. The number of aliphatic hydroxyl groups is 1. The minimum absolute atomic E-state index is 0.0260. The molecule has 0 atom stereocenters. The van der Waals surface area contributed by atoms with Crippen molar-refractivity contribution in [1.29, 1.82) is 0 Å². The van der Waals surface area contributed by atoms with Crippen molar-refractivity contribution >= 4 is 23.6 Å². The Balaban J connectivity index is 1.94. The van der Waals surface area contributed by atoms with Crippen LogP contribution in [0.5, 0.6) is 0 Å². The predicted octanol–water partition coefficient (Wildman–Crippen LogP) is 2.89. The van der Waals surface area contributed by atoms with Crippen LogP contribution in [0.2, 0.25) is 5.02 Å². The summed E-state index contributed by atoms with van der Waals surface area (Å²) in [5, 5.41) is 9.80. The van der Waals surface area contributed by atoms with Crippen LogP contribution in [0, 0.1) is 12.8 Å². The largest absolute Gasteiger partial charge is 0.396 e. The highest BCUT2D eigenvalue weighted by Gasteiger charge is 2.20. The minimum Gasteiger partial charge on any atom is -0.396 e. The first kappa shape index (κ1) is 15.1. The van der Waals surface area contributed by atoms with Crippen LogP contribution in [0.1, 0.15) is 24.0 Å². The summed E-state index contributed by atoms with van der Waals surface area (Å²) in [6, 6.07) is 5.75. The van der Waals surface area contributed by atoms with E-state index < -0.39 is 0 Å². The zero-order valence-electron chi connectivity index (χ0n) is 11.7. The highest BCUT2D eigenvalue weighted by molar-refractivity contribution is 6.31. The second kappa shape index (κ2) is 6.91. The molecule has 1 aliphatic rings. The van der Waals surface area contributed by atoms with E-state index in [2.05, 4.69) is 0 Å². The fraction of sp³-hybridized carbons (Fsp3) is 0.438. The van der Waals surface area contributed by atoms with E-state index in [1.807, 2.05) is 30.0 Å². The first-order valence-electron chi connectivity index (χ1n) is 6.94. The molecule has 1 aromatic carbocycles. The van der Waals surface area contributed by atoms with Crippen molar-refractivity contribution in [3.05, 3.63) is 40.4 Å². The molecule has 1 amide bonds. The van der Waals surface area contributed by atoms with E-state index in [9.17, 15) is 4.79 Å². The molecule has 0 spiro atoms. The zero-order chi connectivity index (χ0) is 14.5. The third kappa shape index (κ3) is 3.84. The summed E-state index contributed by atoms with van der Waals surface area (Å²) < 4.78 is 0. The summed E-state index contributed by atoms with van der Waals surface area (Å²) >= 11 is 6.06. The number of amides is 1. The third-order valence-electron chi connectivity index (χ3n) is 3.80. The molecule has 0 aliphatic carbocycles. The van der Waals surface area contributed by atoms with Crippen molar-refractivity contribution in [3.63, 3.8) is 0 Å². The van der Waals surface area contributed by atoms with Gasteiger partial charge in [0.15, 0.2) is 0 Å². The normalized spacial score (nSPS) is 16.9. The molecule has 20 heavy (non-hydrogen) atoms. The van der Waals surface area contributed by atoms with Gasteiger partial charge in [-0.25, -0.2) is 0 Å². The number of piperidine rings is 1. The van der Waals surface area contributed by atoms with Gasteiger partial charge in [-0.15, -0.1) is 0 Å². The van der Waals surface area contributed by atoms with Gasteiger partial charge < -0.3 is 10.0 Å². The van der Waals surface area contributed by atoms with E-state index in [-0.39, 0.29) is 12.5 Å². The maximum Gasteiger partial charge on any atom is 0.246 e. The van der Waals surface area contributed by atoms with Gasteiger partial charge in [-0.3, -0.25) is 4.79 Å². The lowest BCUT2D eigenvalue weighted by Crippen LogP contribution is -2.38. The van der Waals surface area contributed by atoms with E-state index in [1.165, 1.54) is 0 Å². The van der Waals surface area contributed by atoms with Gasteiger partial charge in [0.05, 0.1) is 0 Å². The van der Waals surface area contributed by atoms with Crippen LogP contribution >= 0.6 is 11.6 Å². The van der Waals surface area contributed by atoms with E-state index in [4.69, 9.17) is 16.7 Å².